The molecule has 4 rings (SSSR count). The van der Waals surface area contributed by atoms with Crippen LogP contribution < -0.4 is 25.8 Å². The van der Waals surface area contributed by atoms with E-state index in [9.17, 15) is 14.4 Å². The fourth-order valence-electron chi connectivity index (χ4n) is 4.30. The van der Waals surface area contributed by atoms with Crippen LogP contribution in [0.3, 0.4) is 0 Å². The third-order valence-electron chi connectivity index (χ3n) is 5.93. The first-order chi connectivity index (χ1) is 18.4. The normalized spacial score (nSPS) is 15.2. The molecule has 1 atom stereocenters. The number of anilines is 1. The first-order valence-corrected chi connectivity index (χ1v) is 12.8. The molecule has 0 saturated heterocycles. The summed E-state index contributed by atoms with van der Waals surface area (Å²) in [6.07, 6.45) is 1.68. The van der Waals surface area contributed by atoms with Crippen LogP contribution in [-0.4, -0.2) is 49.8 Å². The van der Waals surface area contributed by atoms with Crippen molar-refractivity contribution in [3.8, 4) is 11.5 Å². The first kappa shape index (κ1) is 26.9. The molecule has 1 aromatic heterocycles. The van der Waals surface area contributed by atoms with Crippen LogP contribution >= 0.6 is 11.8 Å². The molecule has 0 radical (unpaired) electrons. The highest BCUT2D eigenvalue weighted by Crippen LogP contribution is 2.43. The van der Waals surface area contributed by atoms with Crippen LogP contribution in [0.25, 0.3) is 11.0 Å². The number of thioether (sulfide) groups is 1. The zero-order valence-corrected chi connectivity index (χ0v) is 22.3. The molecule has 0 unspecified atom stereocenters. The highest BCUT2D eigenvalue weighted by Gasteiger charge is 2.39. The Bertz CT molecular complexity index is 1530. The van der Waals surface area contributed by atoms with Crippen LogP contribution in [0.4, 0.5) is 5.69 Å². The Kier molecular flexibility index (Phi) is 8.11. The molecular formula is C28H28N2O7S. The van der Waals surface area contributed by atoms with Gasteiger partial charge < -0.3 is 24.7 Å². The second-order valence-corrected chi connectivity index (χ2v) is 9.21. The molecule has 0 spiro atoms. The van der Waals surface area contributed by atoms with Crippen LogP contribution in [0.15, 0.2) is 48.5 Å². The predicted molar refractivity (Wildman–Crippen MR) is 145 cm³/mol. The Morgan fingerprint density at radius 2 is 1.55 bits per heavy atom. The minimum atomic E-state index is -0.919. The number of methoxy groups -OCH3 is 2. The van der Waals surface area contributed by atoms with Gasteiger partial charge in [-0.3, -0.25) is 9.36 Å². The van der Waals surface area contributed by atoms with E-state index in [4.69, 9.17) is 24.7 Å². The Morgan fingerprint density at radius 1 is 0.947 bits per heavy atom. The van der Waals surface area contributed by atoms with Gasteiger partial charge in [-0.15, -0.1) is 0 Å². The highest BCUT2D eigenvalue weighted by molar-refractivity contribution is 8.10. The number of nitrogen functional groups attached to an aromatic ring is 1. The average molecular weight is 537 g/mol. The van der Waals surface area contributed by atoms with Gasteiger partial charge in [-0.2, -0.15) is 0 Å². The highest BCUT2D eigenvalue weighted by atomic mass is 32.2. The summed E-state index contributed by atoms with van der Waals surface area (Å²) < 4.78 is 22.8. The number of hydrogen-bond acceptors (Lipinski definition) is 9. The third kappa shape index (κ3) is 4.74. The van der Waals surface area contributed by atoms with Gasteiger partial charge in [0.05, 0.1) is 38.5 Å². The number of nitrogens with zero attached hydrogens (tertiary/aromatic N) is 1. The first-order valence-electron chi connectivity index (χ1n) is 11.9. The second-order valence-electron chi connectivity index (χ2n) is 8.09. The largest absolute Gasteiger partial charge is 0.496 e. The molecule has 2 aromatic carbocycles. The molecule has 0 fully saturated rings. The lowest BCUT2D eigenvalue weighted by Crippen LogP contribution is -2.42. The number of carbonyl (C=O) groups is 3. The number of rotatable bonds is 8. The maximum atomic E-state index is 14.1. The van der Waals surface area contributed by atoms with Crippen molar-refractivity contribution in [2.75, 3.05) is 33.2 Å². The molecule has 0 aliphatic carbocycles. The number of para-hydroxylation sites is 2. The lowest BCUT2D eigenvalue weighted by molar-refractivity contribution is -0.135. The Morgan fingerprint density at radius 3 is 2.21 bits per heavy atom. The second kappa shape index (κ2) is 11.5. The van der Waals surface area contributed by atoms with Crippen molar-refractivity contribution in [3.63, 3.8) is 0 Å². The average Bonchev–Trinajstić information content (AvgIpc) is 3.21. The van der Waals surface area contributed by atoms with Crippen molar-refractivity contribution in [2.24, 2.45) is 0 Å². The van der Waals surface area contributed by atoms with E-state index in [1.54, 1.807) is 56.3 Å². The van der Waals surface area contributed by atoms with E-state index < -0.39 is 23.1 Å². The van der Waals surface area contributed by atoms with Crippen molar-refractivity contribution in [3.05, 3.63) is 75.9 Å². The van der Waals surface area contributed by atoms with Gasteiger partial charge in [0.25, 0.3) is 0 Å². The number of hydrogen-bond donors (Lipinski definition) is 1. The number of ether oxygens (including phenoxy) is 4. The van der Waals surface area contributed by atoms with Crippen LogP contribution in [0.1, 0.15) is 45.5 Å². The van der Waals surface area contributed by atoms with Gasteiger partial charge in [0.2, 0.25) is 5.91 Å². The molecule has 0 saturated carbocycles. The molecule has 1 aliphatic heterocycles. The van der Waals surface area contributed by atoms with E-state index in [2.05, 4.69) is 0 Å². The van der Waals surface area contributed by atoms with Gasteiger partial charge in [0.15, 0.2) is 5.69 Å². The summed E-state index contributed by atoms with van der Waals surface area (Å²) in [4.78, 5) is 40.7. The summed E-state index contributed by atoms with van der Waals surface area (Å²) in [7, 11) is 3.03. The Labute approximate surface area is 223 Å². The monoisotopic (exact) mass is 536 g/mol. The predicted octanol–water partition coefficient (Wildman–Crippen LogP) is 2.89. The summed E-state index contributed by atoms with van der Waals surface area (Å²) in [5, 5.41) is -0.451. The smallest absolute Gasteiger partial charge is 0.357 e. The SMILES string of the molecule is CCOC(=O)C1=c2/c(=C/c3ccccc3OC)c(N)c(C(=O)OCC)n2C(=O)[C@@H](c2ccccc2OC)S1. The van der Waals surface area contributed by atoms with E-state index in [1.165, 1.54) is 18.8 Å². The van der Waals surface area contributed by atoms with E-state index >= 15 is 0 Å². The zero-order valence-electron chi connectivity index (χ0n) is 21.5. The number of benzene rings is 2. The molecule has 0 bridgehead atoms. The van der Waals surface area contributed by atoms with Gasteiger partial charge in [-0.25, -0.2) is 9.59 Å². The topological polar surface area (TPSA) is 119 Å². The summed E-state index contributed by atoms with van der Waals surface area (Å²) >= 11 is 1.03. The van der Waals surface area contributed by atoms with Crippen molar-refractivity contribution in [1.29, 1.82) is 0 Å². The molecule has 10 heteroatoms. The molecule has 9 nitrogen and oxygen atoms in total. The quantitative estimate of drug-likeness (QED) is 0.434. The molecule has 198 valence electrons. The standard InChI is InChI=1S/C28H28N2O7S/c1-5-36-27(32)23-21(29)18(15-16-11-7-9-13-19(16)34-3)22-25(28(33)37-6-2)38-24(26(31)30(22)23)17-12-8-10-14-20(17)35-4/h7-15,24H,5-6,29H2,1-4H3/b18-15+/t24-/m1/s1. The van der Waals surface area contributed by atoms with Gasteiger partial charge in [-0.05, 0) is 32.1 Å². The summed E-state index contributed by atoms with van der Waals surface area (Å²) in [5.41, 5.74) is 7.57. The van der Waals surface area contributed by atoms with E-state index in [1.807, 2.05) is 12.1 Å². The maximum absolute atomic E-state index is 14.1. The van der Waals surface area contributed by atoms with Crippen molar-refractivity contribution >= 4 is 46.3 Å². The minimum absolute atomic E-state index is 0.000723. The number of carbonyl (C=O) groups excluding carboxylic acids is 3. The minimum Gasteiger partial charge on any atom is -0.496 e. The van der Waals surface area contributed by atoms with Crippen LogP contribution in [0.5, 0.6) is 11.5 Å². The Hall–Kier alpha value is -4.18. The lowest BCUT2D eigenvalue weighted by Gasteiger charge is -2.24. The summed E-state index contributed by atoms with van der Waals surface area (Å²) in [5.74, 6) is -0.897. The molecule has 2 heterocycles. The molecule has 38 heavy (non-hydrogen) atoms. The number of nitrogens with two attached hydrogens (primary N) is 1. The fraction of sp³-hybridized carbons (Fsp3) is 0.250. The number of fused-ring (bicyclic) bond motifs is 1. The molecule has 3 aromatic rings. The van der Waals surface area contributed by atoms with Crippen molar-refractivity contribution in [1.82, 2.24) is 4.57 Å². The van der Waals surface area contributed by atoms with Gasteiger partial charge in [0, 0.05) is 16.3 Å². The third-order valence-corrected chi connectivity index (χ3v) is 7.22. The summed E-state index contributed by atoms with van der Waals surface area (Å²) in [6.45, 7) is 3.52. The van der Waals surface area contributed by atoms with Gasteiger partial charge >= 0.3 is 11.9 Å². The van der Waals surface area contributed by atoms with Crippen LogP contribution in [0, 0.1) is 0 Å². The molecule has 2 N–H and O–H groups in total. The molecule has 0 amide bonds. The van der Waals surface area contributed by atoms with E-state index in [0.717, 1.165) is 11.8 Å². The molecular weight excluding hydrogens is 508 g/mol. The fourth-order valence-corrected chi connectivity index (χ4v) is 5.53. The van der Waals surface area contributed by atoms with E-state index in [0.29, 0.717) is 27.8 Å². The van der Waals surface area contributed by atoms with Crippen molar-refractivity contribution in [2.45, 2.75) is 19.1 Å². The Balaban J connectivity index is 2.13. The van der Waals surface area contributed by atoms with Crippen molar-refractivity contribution < 1.29 is 33.3 Å². The maximum Gasteiger partial charge on any atom is 0.357 e. The molecule has 1 aliphatic rings. The van der Waals surface area contributed by atoms with E-state index in [-0.39, 0.29) is 34.8 Å². The summed E-state index contributed by atoms with van der Waals surface area (Å²) in [6, 6.07) is 14.2. The van der Waals surface area contributed by atoms with Gasteiger partial charge in [-0.1, -0.05) is 48.2 Å². The van der Waals surface area contributed by atoms with Crippen LogP contribution in [0.2, 0.25) is 0 Å². The lowest BCUT2D eigenvalue weighted by atomic mass is 10.1. The van der Waals surface area contributed by atoms with Crippen LogP contribution in [-0.2, 0) is 14.3 Å². The number of aromatic nitrogens is 1. The zero-order chi connectivity index (χ0) is 27.4. The number of esters is 2. The van der Waals surface area contributed by atoms with Gasteiger partial charge in [0.1, 0.15) is 21.7 Å².